The molecule has 0 amide bonds. The van der Waals surface area contributed by atoms with Crippen LogP contribution in [-0.2, 0) is 6.54 Å². The van der Waals surface area contributed by atoms with E-state index in [0.717, 1.165) is 49.8 Å². The van der Waals surface area contributed by atoms with E-state index >= 15 is 0 Å². The van der Waals surface area contributed by atoms with E-state index < -0.39 is 0 Å². The molecule has 2 rings (SSSR count). The average Bonchev–Trinajstić information content (AvgIpc) is 2.42. The van der Waals surface area contributed by atoms with Crippen LogP contribution in [0.1, 0.15) is 30.9 Å². The summed E-state index contributed by atoms with van der Waals surface area (Å²) in [6, 6.07) is 5.39. The Morgan fingerprint density at radius 1 is 1.32 bits per heavy atom. The normalized spacial score (nSPS) is 17.8. The van der Waals surface area contributed by atoms with Crippen LogP contribution in [0.15, 0.2) is 18.2 Å². The van der Waals surface area contributed by atoms with Gasteiger partial charge in [0.05, 0.1) is 0 Å². The third-order valence-corrected chi connectivity index (χ3v) is 3.99. The molecule has 0 saturated carbocycles. The van der Waals surface area contributed by atoms with Crippen molar-refractivity contribution in [3.8, 4) is 0 Å². The highest BCUT2D eigenvalue weighted by atomic mass is 19.1. The minimum absolute atomic E-state index is 0.0691. The van der Waals surface area contributed by atoms with E-state index in [1.807, 2.05) is 19.1 Å². The van der Waals surface area contributed by atoms with Gasteiger partial charge >= 0.3 is 0 Å². The van der Waals surface area contributed by atoms with Gasteiger partial charge < -0.3 is 5.32 Å². The predicted molar refractivity (Wildman–Crippen MR) is 77.7 cm³/mol. The zero-order valence-corrected chi connectivity index (χ0v) is 12.1. The van der Waals surface area contributed by atoms with E-state index in [9.17, 15) is 4.39 Å². The van der Waals surface area contributed by atoms with Crippen molar-refractivity contribution in [2.75, 3.05) is 26.2 Å². The molecule has 1 heterocycles. The fourth-order valence-corrected chi connectivity index (χ4v) is 2.76. The lowest BCUT2D eigenvalue weighted by Crippen LogP contribution is -2.37. The topological polar surface area (TPSA) is 15.3 Å². The zero-order chi connectivity index (χ0) is 13.7. The SMILES string of the molecule is CCNCC1CCN(Cc2cc(C)ccc2F)CC1. The Kier molecular flexibility index (Phi) is 5.34. The maximum atomic E-state index is 13.7. The van der Waals surface area contributed by atoms with Crippen molar-refractivity contribution in [3.63, 3.8) is 0 Å². The third-order valence-electron chi connectivity index (χ3n) is 3.99. The van der Waals surface area contributed by atoms with Gasteiger partial charge in [-0.05, 0) is 57.9 Å². The summed E-state index contributed by atoms with van der Waals surface area (Å²) in [6.07, 6.45) is 2.45. The van der Waals surface area contributed by atoms with Gasteiger partial charge in [0, 0.05) is 12.1 Å². The van der Waals surface area contributed by atoms with Gasteiger partial charge in [0.2, 0.25) is 0 Å². The molecule has 0 bridgehead atoms. The Morgan fingerprint density at radius 2 is 2.05 bits per heavy atom. The molecule has 1 aliphatic heterocycles. The molecule has 1 aromatic rings. The molecule has 19 heavy (non-hydrogen) atoms. The first kappa shape index (κ1) is 14.5. The van der Waals surface area contributed by atoms with Gasteiger partial charge in [0.1, 0.15) is 5.82 Å². The standard InChI is InChI=1S/C16H25FN2/c1-3-18-11-14-6-8-19(9-7-14)12-15-10-13(2)4-5-16(15)17/h4-5,10,14,18H,3,6-9,11-12H2,1-2H3. The Labute approximate surface area is 116 Å². The summed E-state index contributed by atoms with van der Waals surface area (Å²) in [6.45, 7) is 9.27. The van der Waals surface area contributed by atoms with E-state index in [1.54, 1.807) is 6.07 Å². The molecule has 0 radical (unpaired) electrons. The third kappa shape index (κ3) is 4.29. The molecule has 0 unspecified atom stereocenters. The van der Waals surface area contributed by atoms with Crippen LogP contribution in [-0.4, -0.2) is 31.1 Å². The lowest BCUT2D eigenvalue weighted by atomic mass is 9.96. The number of rotatable bonds is 5. The van der Waals surface area contributed by atoms with Crippen molar-refractivity contribution >= 4 is 0 Å². The van der Waals surface area contributed by atoms with Gasteiger partial charge in [0.15, 0.2) is 0 Å². The first-order chi connectivity index (χ1) is 9.19. The van der Waals surface area contributed by atoms with Crippen molar-refractivity contribution in [1.82, 2.24) is 10.2 Å². The highest BCUT2D eigenvalue weighted by molar-refractivity contribution is 5.24. The number of benzene rings is 1. The number of hydrogen-bond acceptors (Lipinski definition) is 2. The maximum Gasteiger partial charge on any atom is 0.127 e. The summed E-state index contributed by atoms with van der Waals surface area (Å²) in [5.74, 6) is 0.721. The van der Waals surface area contributed by atoms with E-state index in [4.69, 9.17) is 0 Å². The second kappa shape index (κ2) is 7.01. The van der Waals surface area contributed by atoms with E-state index in [1.165, 1.54) is 12.8 Å². The summed E-state index contributed by atoms with van der Waals surface area (Å²) >= 11 is 0. The molecule has 0 aliphatic carbocycles. The van der Waals surface area contributed by atoms with Crippen molar-refractivity contribution in [2.24, 2.45) is 5.92 Å². The fourth-order valence-electron chi connectivity index (χ4n) is 2.76. The molecular weight excluding hydrogens is 239 g/mol. The maximum absolute atomic E-state index is 13.7. The molecule has 1 saturated heterocycles. The van der Waals surface area contributed by atoms with Crippen LogP contribution in [0.4, 0.5) is 4.39 Å². The lowest BCUT2D eigenvalue weighted by molar-refractivity contribution is 0.174. The number of aryl methyl sites for hydroxylation is 1. The van der Waals surface area contributed by atoms with E-state index in [0.29, 0.717) is 0 Å². The van der Waals surface area contributed by atoms with Crippen LogP contribution in [0.5, 0.6) is 0 Å². The minimum Gasteiger partial charge on any atom is -0.317 e. The molecule has 1 N–H and O–H groups in total. The van der Waals surface area contributed by atoms with Crippen LogP contribution >= 0.6 is 0 Å². The van der Waals surface area contributed by atoms with Crippen molar-refractivity contribution in [3.05, 3.63) is 35.1 Å². The molecule has 0 atom stereocenters. The summed E-state index contributed by atoms with van der Waals surface area (Å²) in [5, 5.41) is 3.42. The van der Waals surface area contributed by atoms with E-state index in [2.05, 4.69) is 17.1 Å². The highest BCUT2D eigenvalue weighted by Gasteiger charge is 2.19. The monoisotopic (exact) mass is 264 g/mol. The summed E-state index contributed by atoms with van der Waals surface area (Å²) in [4.78, 5) is 2.38. The molecule has 106 valence electrons. The highest BCUT2D eigenvalue weighted by Crippen LogP contribution is 2.20. The smallest absolute Gasteiger partial charge is 0.127 e. The molecule has 0 aromatic heterocycles. The van der Waals surface area contributed by atoms with Crippen molar-refractivity contribution in [1.29, 1.82) is 0 Å². The first-order valence-corrected chi connectivity index (χ1v) is 7.37. The van der Waals surface area contributed by atoms with Gasteiger partial charge in [-0.1, -0.05) is 24.6 Å². The molecular formula is C16H25FN2. The Bertz CT molecular complexity index is 398. The number of nitrogens with one attached hydrogen (secondary N) is 1. The number of nitrogens with zero attached hydrogens (tertiary/aromatic N) is 1. The van der Waals surface area contributed by atoms with Crippen LogP contribution in [0.3, 0.4) is 0 Å². The lowest BCUT2D eigenvalue weighted by Gasteiger charge is -2.32. The second-order valence-corrected chi connectivity index (χ2v) is 5.62. The fraction of sp³-hybridized carbons (Fsp3) is 0.625. The van der Waals surface area contributed by atoms with Gasteiger partial charge in [0.25, 0.3) is 0 Å². The number of hydrogen-bond donors (Lipinski definition) is 1. The molecule has 3 heteroatoms. The van der Waals surface area contributed by atoms with Crippen molar-refractivity contribution in [2.45, 2.75) is 33.2 Å². The Morgan fingerprint density at radius 3 is 2.74 bits per heavy atom. The van der Waals surface area contributed by atoms with Gasteiger partial charge in [-0.3, -0.25) is 4.90 Å². The van der Waals surface area contributed by atoms with Gasteiger partial charge in [-0.25, -0.2) is 4.39 Å². The van der Waals surface area contributed by atoms with Gasteiger partial charge in [-0.15, -0.1) is 0 Å². The minimum atomic E-state index is -0.0691. The van der Waals surface area contributed by atoms with Gasteiger partial charge in [-0.2, -0.15) is 0 Å². The van der Waals surface area contributed by atoms with Crippen LogP contribution in [0.25, 0.3) is 0 Å². The summed E-state index contributed by atoms with van der Waals surface area (Å²) < 4.78 is 13.7. The molecule has 2 nitrogen and oxygen atoms in total. The molecule has 1 aromatic carbocycles. The van der Waals surface area contributed by atoms with E-state index in [-0.39, 0.29) is 5.82 Å². The number of likely N-dealkylation sites (tertiary alicyclic amines) is 1. The molecule has 1 fully saturated rings. The number of halogens is 1. The molecule has 0 spiro atoms. The van der Waals surface area contributed by atoms with Crippen LogP contribution in [0.2, 0.25) is 0 Å². The van der Waals surface area contributed by atoms with Crippen molar-refractivity contribution < 1.29 is 4.39 Å². The zero-order valence-electron chi connectivity index (χ0n) is 12.1. The van der Waals surface area contributed by atoms with Crippen LogP contribution in [0, 0.1) is 18.7 Å². The second-order valence-electron chi connectivity index (χ2n) is 5.62. The Balaban J connectivity index is 1.83. The molecule has 1 aliphatic rings. The first-order valence-electron chi connectivity index (χ1n) is 7.37. The summed E-state index contributed by atoms with van der Waals surface area (Å²) in [7, 11) is 0. The average molecular weight is 264 g/mol. The predicted octanol–water partition coefficient (Wildman–Crippen LogP) is 2.96. The summed E-state index contributed by atoms with van der Waals surface area (Å²) in [5.41, 5.74) is 1.98. The Hall–Kier alpha value is -0.930. The quantitative estimate of drug-likeness (QED) is 0.879. The van der Waals surface area contributed by atoms with Crippen LogP contribution < -0.4 is 5.32 Å². The largest absolute Gasteiger partial charge is 0.317 e. The number of piperidine rings is 1.